The van der Waals surface area contributed by atoms with Crippen LogP contribution in [0.25, 0.3) is 0 Å². The van der Waals surface area contributed by atoms with Crippen molar-refractivity contribution in [3.8, 4) is 0 Å². The number of pyridine rings is 1. The maximum absolute atomic E-state index is 12.8. The minimum Gasteiger partial charge on any atom is -0.384 e. The largest absolute Gasteiger partial charge is 0.449 e. The number of carbonyl (C=O) groups is 1. The van der Waals surface area contributed by atoms with Gasteiger partial charge in [-0.25, -0.2) is 9.97 Å². The average molecular weight is 346 g/mol. The molecule has 1 amide bonds. The number of fused-ring (bicyclic) bond motifs is 1. The van der Waals surface area contributed by atoms with E-state index in [-0.39, 0.29) is 42.1 Å². The molecule has 2 aromatic rings. The summed E-state index contributed by atoms with van der Waals surface area (Å²) in [5, 5.41) is 0.0785. The van der Waals surface area contributed by atoms with Gasteiger partial charge in [-0.3, -0.25) is 4.79 Å². The van der Waals surface area contributed by atoms with Gasteiger partial charge >= 0.3 is 6.18 Å². The summed E-state index contributed by atoms with van der Waals surface area (Å²) < 4.78 is 39.5. The van der Waals surface area contributed by atoms with Crippen LogP contribution in [0.2, 0.25) is 5.15 Å². The van der Waals surface area contributed by atoms with Crippen LogP contribution in [0.1, 0.15) is 21.9 Å². The summed E-state index contributed by atoms with van der Waals surface area (Å²) in [7, 11) is 0. The van der Waals surface area contributed by atoms with Crippen molar-refractivity contribution in [2.75, 3.05) is 12.3 Å². The Balaban J connectivity index is 1.85. The van der Waals surface area contributed by atoms with Gasteiger partial charge in [0.2, 0.25) is 5.82 Å². The van der Waals surface area contributed by atoms with Crippen LogP contribution in [0.5, 0.6) is 0 Å². The summed E-state index contributed by atoms with van der Waals surface area (Å²) in [4.78, 5) is 21.0. The second-order valence-corrected chi connectivity index (χ2v) is 5.44. The van der Waals surface area contributed by atoms with Crippen molar-refractivity contribution >= 4 is 23.3 Å². The van der Waals surface area contributed by atoms with Crippen molar-refractivity contribution < 1.29 is 18.0 Å². The van der Waals surface area contributed by atoms with Crippen molar-refractivity contribution in [2.24, 2.45) is 0 Å². The van der Waals surface area contributed by atoms with E-state index in [9.17, 15) is 18.0 Å². The van der Waals surface area contributed by atoms with E-state index in [2.05, 4.69) is 9.97 Å². The Labute approximate surface area is 133 Å². The zero-order valence-corrected chi connectivity index (χ0v) is 12.4. The number of nitrogens with two attached hydrogens (primary N) is 1. The Kier molecular flexibility index (Phi) is 3.67. The van der Waals surface area contributed by atoms with Gasteiger partial charge in [0.25, 0.3) is 5.91 Å². The Morgan fingerprint density at radius 2 is 2.04 bits per heavy atom. The fourth-order valence-corrected chi connectivity index (χ4v) is 2.72. The van der Waals surface area contributed by atoms with E-state index >= 15 is 0 Å². The molecule has 2 N–H and O–H groups in total. The van der Waals surface area contributed by atoms with Crippen LogP contribution in [-0.2, 0) is 19.3 Å². The van der Waals surface area contributed by atoms with Crippen LogP contribution in [0, 0.1) is 0 Å². The number of alkyl halides is 3. The molecule has 0 spiro atoms. The third-order valence-corrected chi connectivity index (χ3v) is 3.68. The predicted octanol–water partition coefficient (Wildman–Crippen LogP) is 2.19. The van der Waals surface area contributed by atoms with Crippen LogP contribution in [0.4, 0.5) is 19.0 Å². The number of imidazole rings is 1. The second kappa shape index (κ2) is 5.41. The number of rotatable bonds is 1. The highest BCUT2D eigenvalue weighted by Crippen LogP contribution is 2.30. The summed E-state index contributed by atoms with van der Waals surface area (Å²) in [5.74, 6) is -1.22. The molecule has 122 valence electrons. The molecule has 1 aliphatic heterocycles. The molecule has 2 aromatic heterocycles. The Morgan fingerprint density at radius 1 is 1.30 bits per heavy atom. The molecule has 23 heavy (non-hydrogen) atoms. The van der Waals surface area contributed by atoms with E-state index in [1.165, 1.54) is 17.0 Å². The minimum absolute atomic E-state index is 0.0181. The number of carbonyl (C=O) groups excluding carboxylic acids is 1. The van der Waals surface area contributed by atoms with E-state index in [0.717, 1.165) is 10.8 Å². The lowest BCUT2D eigenvalue weighted by atomic mass is 10.2. The van der Waals surface area contributed by atoms with Gasteiger partial charge < -0.3 is 15.2 Å². The van der Waals surface area contributed by atoms with Crippen LogP contribution >= 0.6 is 11.6 Å². The molecule has 0 atom stereocenters. The Bertz CT molecular complexity index is 753. The SMILES string of the molecule is Nc1cc(C(=O)N2CCn3c(cnc3C(F)(F)F)C2)cc(Cl)n1. The van der Waals surface area contributed by atoms with Gasteiger partial charge in [-0.05, 0) is 12.1 Å². The number of nitrogens with zero attached hydrogens (tertiary/aromatic N) is 4. The molecule has 0 fully saturated rings. The fraction of sp³-hybridized carbons (Fsp3) is 0.308. The van der Waals surface area contributed by atoms with E-state index in [0.29, 0.717) is 5.69 Å². The Morgan fingerprint density at radius 3 is 2.70 bits per heavy atom. The second-order valence-electron chi connectivity index (χ2n) is 5.05. The van der Waals surface area contributed by atoms with Crippen LogP contribution in [0.3, 0.4) is 0 Å². The predicted molar refractivity (Wildman–Crippen MR) is 75.6 cm³/mol. The fourth-order valence-electron chi connectivity index (χ4n) is 2.50. The number of aromatic nitrogens is 3. The molecule has 1 aliphatic rings. The Hall–Kier alpha value is -2.29. The van der Waals surface area contributed by atoms with Gasteiger partial charge in [-0.1, -0.05) is 11.6 Å². The first-order valence-corrected chi connectivity index (χ1v) is 6.97. The molecule has 0 radical (unpaired) electrons. The van der Waals surface area contributed by atoms with E-state index < -0.39 is 12.0 Å². The summed E-state index contributed by atoms with van der Waals surface area (Å²) in [6.45, 7) is 0.178. The monoisotopic (exact) mass is 345 g/mol. The highest BCUT2D eigenvalue weighted by atomic mass is 35.5. The first-order valence-electron chi connectivity index (χ1n) is 6.59. The lowest BCUT2D eigenvalue weighted by Crippen LogP contribution is -2.39. The quantitative estimate of drug-likeness (QED) is 0.804. The highest BCUT2D eigenvalue weighted by Gasteiger charge is 2.38. The summed E-state index contributed by atoms with van der Waals surface area (Å²) in [5.41, 5.74) is 6.12. The van der Waals surface area contributed by atoms with E-state index in [1.807, 2.05) is 0 Å². The van der Waals surface area contributed by atoms with Crippen molar-refractivity contribution in [1.29, 1.82) is 0 Å². The summed E-state index contributed by atoms with van der Waals surface area (Å²) in [6.07, 6.45) is -3.38. The standard InChI is InChI=1S/C13H11ClF3N5O/c14-9-3-7(4-10(18)20-9)11(23)21-1-2-22-8(6-21)5-19-12(22)13(15,16)17/h3-5H,1-2,6H2,(H2,18,20). The van der Waals surface area contributed by atoms with Gasteiger partial charge in [-0.15, -0.1) is 0 Å². The zero-order valence-electron chi connectivity index (χ0n) is 11.6. The summed E-state index contributed by atoms with van der Waals surface area (Å²) >= 11 is 5.77. The molecule has 0 saturated heterocycles. The normalized spacial score (nSPS) is 14.7. The molecule has 0 saturated carbocycles. The molecule has 10 heteroatoms. The highest BCUT2D eigenvalue weighted by molar-refractivity contribution is 6.29. The number of nitrogen functional groups attached to an aromatic ring is 1. The zero-order chi connectivity index (χ0) is 16.8. The molecule has 0 bridgehead atoms. The number of hydrogen-bond donors (Lipinski definition) is 1. The van der Waals surface area contributed by atoms with Gasteiger partial charge in [0, 0.05) is 18.7 Å². The third-order valence-electron chi connectivity index (χ3n) is 3.49. The number of hydrogen-bond acceptors (Lipinski definition) is 4. The van der Waals surface area contributed by atoms with Gasteiger partial charge in [0.15, 0.2) is 0 Å². The van der Waals surface area contributed by atoms with Crippen molar-refractivity contribution in [1.82, 2.24) is 19.4 Å². The van der Waals surface area contributed by atoms with Gasteiger partial charge in [-0.2, -0.15) is 13.2 Å². The lowest BCUT2D eigenvalue weighted by Gasteiger charge is -2.29. The van der Waals surface area contributed by atoms with Gasteiger partial charge in [0.1, 0.15) is 11.0 Å². The lowest BCUT2D eigenvalue weighted by molar-refractivity contribution is -0.147. The number of anilines is 1. The maximum Gasteiger partial charge on any atom is 0.449 e. The van der Waals surface area contributed by atoms with Gasteiger partial charge in [0.05, 0.1) is 18.4 Å². The topological polar surface area (TPSA) is 77.0 Å². The smallest absolute Gasteiger partial charge is 0.384 e. The molecule has 3 heterocycles. The molecule has 3 rings (SSSR count). The molecule has 0 aromatic carbocycles. The van der Waals surface area contributed by atoms with Crippen LogP contribution in [-0.4, -0.2) is 31.9 Å². The third kappa shape index (κ3) is 2.96. The van der Waals surface area contributed by atoms with E-state index in [1.54, 1.807) is 0 Å². The molecule has 6 nitrogen and oxygen atoms in total. The van der Waals surface area contributed by atoms with Crippen molar-refractivity contribution in [3.63, 3.8) is 0 Å². The van der Waals surface area contributed by atoms with Crippen LogP contribution < -0.4 is 5.73 Å². The van der Waals surface area contributed by atoms with Crippen molar-refractivity contribution in [2.45, 2.75) is 19.3 Å². The number of amides is 1. The molecular formula is C13H11ClF3N5O. The first kappa shape index (κ1) is 15.6. The molecular weight excluding hydrogens is 335 g/mol. The van der Waals surface area contributed by atoms with Crippen molar-refractivity contribution in [3.05, 3.63) is 40.6 Å². The average Bonchev–Trinajstić information content (AvgIpc) is 2.88. The minimum atomic E-state index is -4.52. The summed E-state index contributed by atoms with van der Waals surface area (Å²) in [6, 6.07) is 2.74. The van der Waals surface area contributed by atoms with E-state index in [4.69, 9.17) is 17.3 Å². The number of halogens is 4. The molecule has 0 aliphatic carbocycles. The maximum atomic E-state index is 12.8. The van der Waals surface area contributed by atoms with Crippen LogP contribution in [0.15, 0.2) is 18.3 Å². The first-order chi connectivity index (χ1) is 10.8. The molecule has 0 unspecified atom stereocenters.